The van der Waals surface area contributed by atoms with Crippen LogP contribution in [0.15, 0.2) is 18.2 Å². The predicted octanol–water partition coefficient (Wildman–Crippen LogP) is 3.49. The minimum Gasteiger partial charge on any atom is -0.494 e. The Hall–Kier alpha value is -1.75. The highest BCUT2D eigenvalue weighted by Crippen LogP contribution is 2.59. The molecule has 0 unspecified atom stereocenters. The lowest BCUT2D eigenvalue weighted by Gasteiger charge is -2.41. The molecule has 0 N–H and O–H groups in total. The fourth-order valence-corrected chi connectivity index (χ4v) is 4.50. The second-order valence-electron chi connectivity index (χ2n) is 6.32. The van der Waals surface area contributed by atoms with Crippen LogP contribution in [0.2, 0.25) is 0 Å². The smallest absolute Gasteiger partial charge is 0.438 e. The largest absolute Gasteiger partial charge is 0.494 e. The van der Waals surface area contributed by atoms with Gasteiger partial charge in [0.2, 0.25) is 0 Å². The van der Waals surface area contributed by atoms with Crippen LogP contribution in [0, 0.1) is 11.8 Å². The number of hydrogen-bond donors (Lipinski definition) is 0. The monoisotopic (exact) mass is 303 g/mol. The summed E-state index contributed by atoms with van der Waals surface area (Å²) in [5.41, 5.74) is 1.88. The molecule has 2 saturated carbocycles. The summed E-state index contributed by atoms with van der Waals surface area (Å²) >= 11 is 0. The molecule has 4 atom stereocenters. The number of methoxy groups -OCH3 is 1. The van der Waals surface area contributed by atoms with Crippen LogP contribution in [-0.4, -0.2) is 25.9 Å². The van der Waals surface area contributed by atoms with Crippen molar-refractivity contribution in [3.63, 3.8) is 0 Å². The summed E-state index contributed by atoms with van der Waals surface area (Å²) in [4.78, 5) is 18.5. The standard InChI is InChI=1S/C17H21NO4/c1-3-21-17(19)18-15-12(5-4-6-13(15)20-2)14-10-7-8-11(9-10)16(14)22-18/h4-6,10-11,14,16H,3,7-9H2,1-2H3/t10-,11+,14-,16-/m0/s1. The lowest BCUT2D eigenvalue weighted by Crippen LogP contribution is -2.45. The number of anilines is 1. The molecular formula is C17H21NO4. The first-order chi connectivity index (χ1) is 10.7. The van der Waals surface area contributed by atoms with Crippen LogP contribution in [-0.2, 0) is 9.57 Å². The van der Waals surface area contributed by atoms with Gasteiger partial charge in [0.15, 0.2) is 0 Å². The number of amides is 1. The minimum absolute atomic E-state index is 0.0859. The Morgan fingerprint density at radius 3 is 2.95 bits per heavy atom. The highest BCUT2D eigenvalue weighted by Gasteiger charge is 2.54. The number of fused-ring (bicyclic) bond motifs is 7. The number of hydroxylamine groups is 1. The van der Waals surface area contributed by atoms with Crippen molar-refractivity contribution >= 4 is 11.8 Å². The van der Waals surface area contributed by atoms with Crippen molar-refractivity contribution in [1.82, 2.24) is 0 Å². The molecule has 2 bridgehead atoms. The van der Waals surface area contributed by atoms with E-state index in [1.807, 2.05) is 12.1 Å². The fraction of sp³-hybridized carbons (Fsp3) is 0.588. The first-order valence-electron chi connectivity index (χ1n) is 8.05. The number of benzene rings is 1. The molecule has 1 aromatic rings. The van der Waals surface area contributed by atoms with Crippen molar-refractivity contribution in [3.8, 4) is 5.75 Å². The fourth-order valence-electron chi connectivity index (χ4n) is 4.50. The van der Waals surface area contributed by atoms with Crippen LogP contribution < -0.4 is 9.80 Å². The molecule has 5 heteroatoms. The Morgan fingerprint density at radius 2 is 2.18 bits per heavy atom. The zero-order valence-corrected chi connectivity index (χ0v) is 13.0. The van der Waals surface area contributed by atoms with E-state index in [-0.39, 0.29) is 6.10 Å². The van der Waals surface area contributed by atoms with Gasteiger partial charge in [-0.3, -0.25) is 4.84 Å². The molecule has 1 amide bonds. The molecule has 4 rings (SSSR count). The van der Waals surface area contributed by atoms with Crippen molar-refractivity contribution in [2.24, 2.45) is 11.8 Å². The zero-order valence-electron chi connectivity index (χ0n) is 13.0. The summed E-state index contributed by atoms with van der Waals surface area (Å²) < 4.78 is 10.6. The van der Waals surface area contributed by atoms with Gasteiger partial charge < -0.3 is 9.47 Å². The van der Waals surface area contributed by atoms with Crippen molar-refractivity contribution in [3.05, 3.63) is 23.8 Å². The number of hydrogen-bond acceptors (Lipinski definition) is 4. The topological polar surface area (TPSA) is 48.0 Å². The molecule has 0 spiro atoms. The van der Waals surface area contributed by atoms with Gasteiger partial charge in [0.1, 0.15) is 11.4 Å². The van der Waals surface area contributed by atoms with Crippen molar-refractivity contribution < 1.29 is 19.1 Å². The summed E-state index contributed by atoms with van der Waals surface area (Å²) in [5.74, 6) is 2.23. The van der Waals surface area contributed by atoms with Gasteiger partial charge >= 0.3 is 6.09 Å². The summed E-state index contributed by atoms with van der Waals surface area (Å²) in [5, 5.41) is 1.32. The lowest BCUT2D eigenvalue weighted by atomic mass is 9.79. The average molecular weight is 303 g/mol. The molecule has 0 saturated heterocycles. The van der Waals surface area contributed by atoms with Gasteiger partial charge in [0, 0.05) is 5.92 Å². The van der Waals surface area contributed by atoms with E-state index in [2.05, 4.69) is 6.07 Å². The minimum atomic E-state index is -0.463. The van der Waals surface area contributed by atoms with Crippen LogP contribution in [0.4, 0.5) is 10.5 Å². The van der Waals surface area contributed by atoms with E-state index in [0.717, 1.165) is 11.3 Å². The number of para-hydroxylation sites is 1. The quantitative estimate of drug-likeness (QED) is 0.839. The Labute approximate surface area is 130 Å². The SMILES string of the molecule is CCOC(=O)N1O[C@H]2[C@@H]3CC[C@@H](C3)[C@H]2c2cccc(OC)c21. The van der Waals surface area contributed by atoms with Gasteiger partial charge in [0.25, 0.3) is 0 Å². The number of carbonyl (C=O) groups excluding carboxylic acids is 1. The van der Waals surface area contributed by atoms with Crippen molar-refractivity contribution in [2.75, 3.05) is 18.8 Å². The van der Waals surface area contributed by atoms with Crippen LogP contribution in [0.3, 0.4) is 0 Å². The van der Waals surface area contributed by atoms with E-state index < -0.39 is 6.09 Å². The predicted molar refractivity (Wildman–Crippen MR) is 80.9 cm³/mol. The van der Waals surface area contributed by atoms with Crippen molar-refractivity contribution in [2.45, 2.75) is 38.2 Å². The average Bonchev–Trinajstić information content (AvgIpc) is 3.15. The zero-order chi connectivity index (χ0) is 15.3. The van der Waals surface area contributed by atoms with Crippen LogP contribution in [0.25, 0.3) is 0 Å². The Kier molecular flexibility index (Phi) is 3.26. The third-order valence-electron chi connectivity index (χ3n) is 5.31. The van der Waals surface area contributed by atoms with E-state index in [1.54, 1.807) is 14.0 Å². The highest BCUT2D eigenvalue weighted by molar-refractivity contribution is 5.89. The number of nitrogens with zero attached hydrogens (tertiary/aromatic N) is 1. The Morgan fingerprint density at radius 1 is 1.36 bits per heavy atom. The second kappa shape index (κ2) is 5.16. The van der Waals surface area contributed by atoms with Gasteiger partial charge in [0.05, 0.1) is 19.8 Å². The molecule has 118 valence electrons. The molecule has 2 aliphatic carbocycles. The van der Waals surface area contributed by atoms with E-state index in [9.17, 15) is 4.79 Å². The normalized spacial score (nSPS) is 31.6. The van der Waals surface area contributed by atoms with Gasteiger partial charge in [-0.25, -0.2) is 4.79 Å². The van der Waals surface area contributed by atoms with E-state index in [1.165, 1.54) is 24.3 Å². The first-order valence-corrected chi connectivity index (χ1v) is 8.05. The van der Waals surface area contributed by atoms with E-state index in [4.69, 9.17) is 14.3 Å². The Bertz CT molecular complexity index is 602. The molecule has 0 aromatic heterocycles. The molecule has 1 heterocycles. The number of rotatable bonds is 2. The summed E-state index contributed by atoms with van der Waals surface area (Å²) in [6, 6.07) is 5.96. The number of ether oxygens (including phenoxy) is 2. The molecular weight excluding hydrogens is 282 g/mol. The third kappa shape index (κ3) is 1.85. The first kappa shape index (κ1) is 13.9. The lowest BCUT2D eigenvalue weighted by molar-refractivity contribution is -0.0242. The molecule has 1 aliphatic heterocycles. The maximum Gasteiger partial charge on any atom is 0.438 e. The molecule has 0 radical (unpaired) electrons. The maximum atomic E-state index is 12.3. The van der Waals surface area contributed by atoms with Crippen molar-refractivity contribution in [1.29, 1.82) is 0 Å². The summed E-state index contributed by atoms with van der Waals surface area (Å²) in [7, 11) is 1.62. The van der Waals surface area contributed by atoms with Crippen LogP contribution in [0.1, 0.15) is 37.7 Å². The highest BCUT2D eigenvalue weighted by atomic mass is 16.7. The van der Waals surface area contributed by atoms with Crippen LogP contribution in [0.5, 0.6) is 5.75 Å². The number of carbonyl (C=O) groups is 1. The molecule has 5 nitrogen and oxygen atoms in total. The second-order valence-corrected chi connectivity index (χ2v) is 6.32. The molecule has 1 aromatic carbocycles. The van der Waals surface area contributed by atoms with E-state index in [0.29, 0.717) is 30.1 Å². The van der Waals surface area contributed by atoms with Gasteiger partial charge in [-0.2, -0.15) is 0 Å². The third-order valence-corrected chi connectivity index (χ3v) is 5.31. The molecule has 3 aliphatic rings. The summed E-state index contributed by atoms with van der Waals surface area (Å²) in [6.45, 7) is 2.12. The van der Waals surface area contributed by atoms with Gasteiger partial charge in [-0.1, -0.05) is 12.1 Å². The maximum absolute atomic E-state index is 12.3. The Balaban J connectivity index is 1.81. The molecule has 2 fully saturated rings. The van der Waals surface area contributed by atoms with E-state index >= 15 is 0 Å². The summed E-state index contributed by atoms with van der Waals surface area (Å²) in [6.07, 6.45) is 3.27. The molecule has 22 heavy (non-hydrogen) atoms. The van der Waals surface area contributed by atoms with Gasteiger partial charge in [-0.15, -0.1) is 5.06 Å². The van der Waals surface area contributed by atoms with Crippen LogP contribution >= 0.6 is 0 Å². The van der Waals surface area contributed by atoms with Gasteiger partial charge in [-0.05, 0) is 49.7 Å².